The lowest BCUT2D eigenvalue weighted by Gasteiger charge is -2.29. The van der Waals surface area contributed by atoms with Crippen LogP contribution >= 0.6 is 0 Å². The first-order valence-corrected chi connectivity index (χ1v) is 6.92. The van der Waals surface area contributed by atoms with Gasteiger partial charge in [-0.2, -0.15) is 0 Å². The monoisotopic (exact) mass is 248 g/mol. The van der Waals surface area contributed by atoms with Crippen LogP contribution in [-0.2, 0) is 0 Å². The zero-order valence-electron chi connectivity index (χ0n) is 10.9. The Kier molecular flexibility index (Phi) is 3.12. The van der Waals surface area contributed by atoms with E-state index in [2.05, 4.69) is 11.8 Å². The maximum absolute atomic E-state index is 13.5. The van der Waals surface area contributed by atoms with E-state index >= 15 is 0 Å². The summed E-state index contributed by atoms with van der Waals surface area (Å²) < 4.78 is 13.5. The first-order chi connectivity index (χ1) is 8.70. The third-order valence-electron chi connectivity index (χ3n) is 4.44. The predicted octanol–water partition coefficient (Wildman–Crippen LogP) is 2.62. The number of hydrogen-bond acceptors (Lipinski definition) is 2. The Bertz CT molecular complexity index is 442. The van der Waals surface area contributed by atoms with E-state index in [4.69, 9.17) is 5.73 Å². The molecule has 0 amide bonds. The summed E-state index contributed by atoms with van der Waals surface area (Å²) in [5.41, 5.74) is 8.25. The van der Waals surface area contributed by atoms with E-state index in [9.17, 15) is 4.39 Å². The third-order valence-corrected chi connectivity index (χ3v) is 4.44. The minimum Gasteiger partial charge on any atom is -0.330 e. The van der Waals surface area contributed by atoms with Crippen LogP contribution in [0.25, 0.3) is 0 Å². The van der Waals surface area contributed by atoms with Gasteiger partial charge in [-0.3, -0.25) is 4.90 Å². The lowest BCUT2D eigenvalue weighted by molar-refractivity contribution is 0.219. The minimum atomic E-state index is -0.131. The van der Waals surface area contributed by atoms with Gasteiger partial charge < -0.3 is 5.73 Å². The normalized spacial score (nSPS) is 28.8. The average molecular weight is 248 g/mol. The topological polar surface area (TPSA) is 29.3 Å². The standard InChI is InChI=1S/C15H21FN2/c1-10-2-3-12(16)8-14(10)15-11(9-17)6-7-18(15)13-4-5-13/h2-3,8,11,13,15H,4-7,9,17H2,1H3. The predicted molar refractivity (Wildman–Crippen MR) is 70.8 cm³/mol. The molecule has 0 aromatic heterocycles. The van der Waals surface area contributed by atoms with Gasteiger partial charge in [0.05, 0.1) is 0 Å². The maximum Gasteiger partial charge on any atom is 0.123 e. The molecular weight excluding hydrogens is 227 g/mol. The van der Waals surface area contributed by atoms with Crippen LogP contribution in [-0.4, -0.2) is 24.0 Å². The number of nitrogens with two attached hydrogens (primary N) is 1. The molecule has 1 heterocycles. The van der Waals surface area contributed by atoms with Crippen LogP contribution in [0.4, 0.5) is 4.39 Å². The summed E-state index contributed by atoms with van der Waals surface area (Å²) in [4.78, 5) is 2.55. The smallest absolute Gasteiger partial charge is 0.123 e. The Morgan fingerprint density at radius 1 is 1.33 bits per heavy atom. The molecule has 1 saturated carbocycles. The third kappa shape index (κ3) is 2.06. The van der Waals surface area contributed by atoms with Crippen molar-refractivity contribution in [3.8, 4) is 0 Å². The highest BCUT2D eigenvalue weighted by Gasteiger charge is 2.42. The molecule has 2 unspecified atom stereocenters. The second-order valence-electron chi connectivity index (χ2n) is 5.70. The molecule has 18 heavy (non-hydrogen) atoms. The summed E-state index contributed by atoms with van der Waals surface area (Å²) in [6.07, 6.45) is 3.73. The molecule has 2 N–H and O–H groups in total. The van der Waals surface area contributed by atoms with E-state index < -0.39 is 0 Å². The Labute approximate surface area is 108 Å². The quantitative estimate of drug-likeness (QED) is 0.891. The van der Waals surface area contributed by atoms with Gasteiger partial charge in [-0.1, -0.05) is 6.07 Å². The van der Waals surface area contributed by atoms with Crippen molar-refractivity contribution < 1.29 is 4.39 Å². The fourth-order valence-electron chi connectivity index (χ4n) is 3.31. The van der Waals surface area contributed by atoms with Crippen molar-refractivity contribution >= 4 is 0 Å². The van der Waals surface area contributed by atoms with Crippen LogP contribution in [0, 0.1) is 18.7 Å². The number of nitrogens with zero attached hydrogens (tertiary/aromatic N) is 1. The molecule has 2 aliphatic rings. The maximum atomic E-state index is 13.5. The Morgan fingerprint density at radius 2 is 2.11 bits per heavy atom. The Hall–Kier alpha value is -0.930. The highest BCUT2D eigenvalue weighted by atomic mass is 19.1. The number of benzene rings is 1. The van der Waals surface area contributed by atoms with Crippen molar-refractivity contribution in [2.24, 2.45) is 11.7 Å². The van der Waals surface area contributed by atoms with Crippen molar-refractivity contribution in [3.05, 3.63) is 35.1 Å². The van der Waals surface area contributed by atoms with Crippen LogP contribution < -0.4 is 5.73 Å². The highest BCUT2D eigenvalue weighted by molar-refractivity contribution is 5.31. The van der Waals surface area contributed by atoms with Crippen molar-refractivity contribution in [2.45, 2.75) is 38.3 Å². The number of hydrogen-bond donors (Lipinski definition) is 1. The summed E-state index contributed by atoms with van der Waals surface area (Å²) >= 11 is 0. The van der Waals surface area contributed by atoms with Gasteiger partial charge in [0.1, 0.15) is 5.82 Å². The molecule has 1 aliphatic carbocycles. The summed E-state index contributed by atoms with van der Waals surface area (Å²) in [7, 11) is 0. The Morgan fingerprint density at radius 3 is 2.78 bits per heavy atom. The molecule has 1 saturated heterocycles. The number of likely N-dealkylation sites (tertiary alicyclic amines) is 1. The molecule has 1 aromatic rings. The first-order valence-electron chi connectivity index (χ1n) is 6.92. The molecule has 3 rings (SSSR count). The first kappa shape index (κ1) is 12.1. The number of aryl methyl sites for hydroxylation is 1. The van der Waals surface area contributed by atoms with Crippen LogP contribution in [0.2, 0.25) is 0 Å². The van der Waals surface area contributed by atoms with Crippen LogP contribution in [0.5, 0.6) is 0 Å². The van der Waals surface area contributed by atoms with E-state index in [0.717, 1.165) is 18.5 Å². The minimum absolute atomic E-state index is 0.131. The van der Waals surface area contributed by atoms with Crippen LogP contribution in [0.1, 0.15) is 36.4 Å². The van der Waals surface area contributed by atoms with Crippen molar-refractivity contribution in [2.75, 3.05) is 13.1 Å². The van der Waals surface area contributed by atoms with Gasteiger partial charge in [0, 0.05) is 12.1 Å². The fourth-order valence-corrected chi connectivity index (χ4v) is 3.31. The van der Waals surface area contributed by atoms with Gasteiger partial charge in [-0.05, 0) is 68.5 Å². The zero-order chi connectivity index (χ0) is 12.7. The molecule has 1 aliphatic heterocycles. The molecule has 0 bridgehead atoms. The lowest BCUT2D eigenvalue weighted by atomic mass is 9.91. The molecule has 2 atom stereocenters. The lowest BCUT2D eigenvalue weighted by Crippen LogP contribution is -2.30. The second kappa shape index (κ2) is 4.63. The largest absolute Gasteiger partial charge is 0.330 e. The van der Waals surface area contributed by atoms with Gasteiger partial charge in [-0.15, -0.1) is 0 Å². The van der Waals surface area contributed by atoms with Gasteiger partial charge in [0.2, 0.25) is 0 Å². The Balaban J connectivity index is 1.97. The fraction of sp³-hybridized carbons (Fsp3) is 0.600. The number of rotatable bonds is 3. The van der Waals surface area contributed by atoms with Crippen molar-refractivity contribution in [1.82, 2.24) is 4.90 Å². The number of halogens is 1. The van der Waals surface area contributed by atoms with Gasteiger partial charge in [0.25, 0.3) is 0 Å². The van der Waals surface area contributed by atoms with E-state index in [1.807, 2.05) is 6.07 Å². The van der Waals surface area contributed by atoms with Gasteiger partial charge >= 0.3 is 0 Å². The molecule has 0 radical (unpaired) electrons. The van der Waals surface area contributed by atoms with Gasteiger partial charge in [0.15, 0.2) is 0 Å². The molecule has 0 spiro atoms. The van der Waals surface area contributed by atoms with E-state index in [0.29, 0.717) is 24.5 Å². The summed E-state index contributed by atoms with van der Waals surface area (Å²) in [6.45, 7) is 3.89. The summed E-state index contributed by atoms with van der Waals surface area (Å²) in [6, 6.07) is 6.20. The molecule has 98 valence electrons. The van der Waals surface area contributed by atoms with E-state index in [1.54, 1.807) is 12.1 Å². The van der Waals surface area contributed by atoms with Crippen molar-refractivity contribution in [3.63, 3.8) is 0 Å². The molecule has 2 fully saturated rings. The molecule has 3 heteroatoms. The molecule has 2 nitrogen and oxygen atoms in total. The van der Waals surface area contributed by atoms with Crippen LogP contribution in [0.15, 0.2) is 18.2 Å². The van der Waals surface area contributed by atoms with E-state index in [1.165, 1.54) is 18.4 Å². The van der Waals surface area contributed by atoms with E-state index in [-0.39, 0.29) is 5.82 Å². The van der Waals surface area contributed by atoms with Crippen molar-refractivity contribution in [1.29, 1.82) is 0 Å². The SMILES string of the molecule is Cc1ccc(F)cc1C1C(CN)CCN1C1CC1. The molecule has 1 aromatic carbocycles. The van der Waals surface area contributed by atoms with Crippen LogP contribution in [0.3, 0.4) is 0 Å². The summed E-state index contributed by atoms with van der Waals surface area (Å²) in [5.74, 6) is 0.347. The summed E-state index contributed by atoms with van der Waals surface area (Å²) in [5, 5.41) is 0. The zero-order valence-corrected chi connectivity index (χ0v) is 10.9. The average Bonchev–Trinajstić information content (AvgIpc) is 3.12. The molecular formula is C15H21FN2. The second-order valence-corrected chi connectivity index (χ2v) is 5.70. The van der Waals surface area contributed by atoms with Gasteiger partial charge in [-0.25, -0.2) is 4.39 Å². The highest BCUT2D eigenvalue weighted by Crippen LogP contribution is 2.44.